The van der Waals surface area contributed by atoms with E-state index in [0.717, 1.165) is 17.7 Å². The van der Waals surface area contributed by atoms with E-state index in [1.165, 1.54) is 33.5 Å². The van der Waals surface area contributed by atoms with Crippen molar-refractivity contribution in [2.75, 3.05) is 26.2 Å². The Labute approximate surface area is 178 Å². The molecule has 1 fully saturated rings. The van der Waals surface area contributed by atoms with Crippen molar-refractivity contribution in [1.29, 1.82) is 0 Å². The highest BCUT2D eigenvalue weighted by atomic mass is 32.2. The molecule has 0 aliphatic carbocycles. The van der Waals surface area contributed by atoms with Gasteiger partial charge in [-0.15, -0.1) is 13.2 Å². The molecule has 0 saturated carbocycles. The zero-order valence-corrected chi connectivity index (χ0v) is 17.5. The molecule has 0 unspecified atom stereocenters. The minimum Gasteiger partial charge on any atom is -0.406 e. The minimum absolute atomic E-state index is 0.180. The van der Waals surface area contributed by atoms with Crippen molar-refractivity contribution in [2.24, 2.45) is 0 Å². The normalized spacial score (nSPS) is 15.9. The van der Waals surface area contributed by atoms with E-state index in [9.17, 15) is 26.4 Å². The zero-order valence-electron chi connectivity index (χ0n) is 16.7. The summed E-state index contributed by atoms with van der Waals surface area (Å²) in [6.07, 6.45) is -1.97. The van der Waals surface area contributed by atoms with Gasteiger partial charge in [0.2, 0.25) is 15.9 Å². The summed E-state index contributed by atoms with van der Waals surface area (Å²) < 4.78 is 67.2. The van der Waals surface area contributed by atoms with E-state index < -0.39 is 16.4 Å². The molecule has 1 amide bonds. The number of aryl methyl sites for hydroxylation is 1. The van der Waals surface area contributed by atoms with Gasteiger partial charge in [-0.2, -0.15) is 4.31 Å². The molecule has 1 saturated heterocycles. The van der Waals surface area contributed by atoms with Gasteiger partial charge in [-0.25, -0.2) is 8.42 Å². The number of sulfonamides is 1. The van der Waals surface area contributed by atoms with E-state index in [1.54, 1.807) is 24.3 Å². The quantitative estimate of drug-likeness (QED) is 0.650. The lowest BCUT2D eigenvalue weighted by Gasteiger charge is -2.33. The molecule has 1 heterocycles. The molecule has 0 bridgehead atoms. The fourth-order valence-electron chi connectivity index (χ4n) is 3.06. The van der Waals surface area contributed by atoms with Crippen molar-refractivity contribution in [3.8, 4) is 5.75 Å². The van der Waals surface area contributed by atoms with Gasteiger partial charge in [0.1, 0.15) is 5.75 Å². The van der Waals surface area contributed by atoms with Crippen LogP contribution in [0.2, 0.25) is 0 Å². The molecule has 166 valence electrons. The van der Waals surface area contributed by atoms with Crippen LogP contribution in [0.15, 0.2) is 59.5 Å². The van der Waals surface area contributed by atoms with Gasteiger partial charge < -0.3 is 9.64 Å². The Morgan fingerprint density at radius 3 is 2.10 bits per heavy atom. The molecule has 0 atom stereocenters. The number of alkyl halides is 3. The summed E-state index contributed by atoms with van der Waals surface area (Å²) >= 11 is 0. The largest absolute Gasteiger partial charge is 0.573 e. The van der Waals surface area contributed by atoms with Crippen molar-refractivity contribution < 1.29 is 31.1 Å². The number of amides is 1. The molecule has 1 aliphatic heterocycles. The molecular weight excluding hydrogens is 433 g/mol. The number of halogens is 3. The molecular formula is C21H21F3N2O4S. The topological polar surface area (TPSA) is 66.9 Å². The Morgan fingerprint density at radius 2 is 1.55 bits per heavy atom. The highest BCUT2D eigenvalue weighted by molar-refractivity contribution is 7.89. The van der Waals surface area contributed by atoms with E-state index in [-0.39, 0.29) is 42.7 Å². The van der Waals surface area contributed by atoms with E-state index in [4.69, 9.17) is 0 Å². The Hall–Kier alpha value is -2.85. The predicted molar refractivity (Wildman–Crippen MR) is 109 cm³/mol. The summed E-state index contributed by atoms with van der Waals surface area (Å²) in [4.78, 5) is 14.1. The summed E-state index contributed by atoms with van der Waals surface area (Å²) in [5.74, 6) is -0.648. The number of carbonyl (C=O) groups excluding carboxylic acids is 1. The Kier molecular flexibility index (Phi) is 6.71. The second-order valence-electron chi connectivity index (χ2n) is 6.99. The second kappa shape index (κ2) is 9.11. The number of piperazine rings is 1. The molecule has 6 nitrogen and oxygen atoms in total. The fraction of sp³-hybridized carbons (Fsp3) is 0.286. The minimum atomic E-state index is -4.76. The first kappa shape index (κ1) is 22.8. The number of hydrogen-bond donors (Lipinski definition) is 0. The SMILES string of the molecule is Cc1ccc(S(=O)(=O)N2CCN(C(=O)/C=C/c3ccc(OC(F)(F)F)cc3)CC2)cc1. The number of benzene rings is 2. The molecule has 3 rings (SSSR count). The zero-order chi connectivity index (χ0) is 22.6. The molecule has 0 radical (unpaired) electrons. The highest BCUT2D eigenvalue weighted by Crippen LogP contribution is 2.23. The van der Waals surface area contributed by atoms with Crippen LogP contribution in [0.25, 0.3) is 6.08 Å². The predicted octanol–water partition coefficient (Wildman–Crippen LogP) is 3.44. The summed E-state index contributed by atoms with van der Waals surface area (Å²) in [6.45, 7) is 2.72. The van der Waals surface area contributed by atoms with Crippen LogP contribution in [0.1, 0.15) is 11.1 Å². The summed E-state index contributed by atoms with van der Waals surface area (Å²) in [7, 11) is -3.61. The van der Waals surface area contributed by atoms with E-state index in [0.29, 0.717) is 5.56 Å². The van der Waals surface area contributed by atoms with Crippen molar-refractivity contribution >= 4 is 22.0 Å². The van der Waals surface area contributed by atoms with Crippen molar-refractivity contribution in [2.45, 2.75) is 18.2 Å². The maximum atomic E-state index is 12.7. The first-order valence-corrected chi connectivity index (χ1v) is 10.9. The Morgan fingerprint density at radius 1 is 0.968 bits per heavy atom. The highest BCUT2D eigenvalue weighted by Gasteiger charge is 2.31. The first-order valence-electron chi connectivity index (χ1n) is 9.44. The Balaban J connectivity index is 1.56. The van der Waals surface area contributed by atoms with Crippen LogP contribution in [0.5, 0.6) is 5.75 Å². The molecule has 2 aromatic rings. The van der Waals surface area contributed by atoms with Crippen LogP contribution in [0.3, 0.4) is 0 Å². The van der Waals surface area contributed by atoms with E-state index in [1.807, 2.05) is 6.92 Å². The van der Waals surface area contributed by atoms with Crippen LogP contribution in [-0.2, 0) is 14.8 Å². The molecule has 31 heavy (non-hydrogen) atoms. The van der Waals surface area contributed by atoms with Gasteiger partial charge in [-0.3, -0.25) is 4.79 Å². The number of hydrogen-bond acceptors (Lipinski definition) is 4. The molecule has 1 aliphatic rings. The lowest BCUT2D eigenvalue weighted by molar-refractivity contribution is -0.274. The van der Waals surface area contributed by atoms with Crippen LogP contribution < -0.4 is 4.74 Å². The maximum absolute atomic E-state index is 12.7. The van der Waals surface area contributed by atoms with Crippen molar-refractivity contribution in [3.05, 3.63) is 65.7 Å². The average Bonchev–Trinajstić information content (AvgIpc) is 2.72. The third-order valence-electron chi connectivity index (χ3n) is 4.74. The standard InChI is InChI=1S/C21H21F3N2O4S/c1-16-2-9-19(10-3-16)31(28,29)26-14-12-25(13-15-26)20(27)11-6-17-4-7-18(8-5-17)30-21(22,23)24/h2-11H,12-15H2,1H3/b11-6+. The van der Waals surface area contributed by atoms with E-state index in [2.05, 4.69) is 4.74 Å². The number of nitrogens with zero attached hydrogens (tertiary/aromatic N) is 2. The van der Waals surface area contributed by atoms with Gasteiger partial charge in [0.05, 0.1) is 4.90 Å². The molecule has 10 heteroatoms. The number of carbonyl (C=O) groups is 1. The second-order valence-corrected chi connectivity index (χ2v) is 8.93. The molecule has 0 N–H and O–H groups in total. The van der Waals surface area contributed by atoms with Gasteiger partial charge in [0.15, 0.2) is 0 Å². The van der Waals surface area contributed by atoms with Crippen LogP contribution in [0, 0.1) is 6.92 Å². The van der Waals surface area contributed by atoms with Crippen LogP contribution in [-0.4, -0.2) is 56.1 Å². The summed E-state index contributed by atoms with van der Waals surface area (Å²) in [5.41, 5.74) is 1.49. The van der Waals surface area contributed by atoms with Crippen molar-refractivity contribution in [3.63, 3.8) is 0 Å². The van der Waals surface area contributed by atoms with Crippen LogP contribution >= 0.6 is 0 Å². The number of rotatable bonds is 5. The number of ether oxygens (including phenoxy) is 1. The molecule has 2 aromatic carbocycles. The average molecular weight is 454 g/mol. The third kappa shape index (κ3) is 6.08. The van der Waals surface area contributed by atoms with Crippen molar-refractivity contribution in [1.82, 2.24) is 9.21 Å². The van der Waals surface area contributed by atoms with Gasteiger partial charge in [-0.1, -0.05) is 29.8 Å². The van der Waals surface area contributed by atoms with Crippen LogP contribution in [0.4, 0.5) is 13.2 Å². The lowest BCUT2D eigenvalue weighted by atomic mass is 10.2. The molecule has 0 spiro atoms. The lowest BCUT2D eigenvalue weighted by Crippen LogP contribution is -2.50. The molecule has 0 aromatic heterocycles. The first-order chi connectivity index (χ1) is 14.5. The van der Waals surface area contributed by atoms with Gasteiger partial charge >= 0.3 is 6.36 Å². The monoisotopic (exact) mass is 454 g/mol. The fourth-order valence-corrected chi connectivity index (χ4v) is 4.48. The van der Waals surface area contributed by atoms with Gasteiger partial charge in [-0.05, 0) is 42.8 Å². The maximum Gasteiger partial charge on any atom is 0.573 e. The Bertz CT molecular complexity index is 1040. The van der Waals surface area contributed by atoms with Gasteiger partial charge in [0.25, 0.3) is 0 Å². The van der Waals surface area contributed by atoms with E-state index >= 15 is 0 Å². The smallest absolute Gasteiger partial charge is 0.406 e. The van der Waals surface area contributed by atoms with Gasteiger partial charge in [0, 0.05) is 32.3 Å². The third-order valence-corrected chi connectivity index (χ3v) is 6.65. The summed E-state index contributed by atoms with van der Waals surface area (Å²) in [6, 6.07) is 11.7. The summed E-state index contributed by atoms with van der Waals surface area (Å²) in [5, 5.41) is 0.